The molecule has 152 valence electrons. The summed E-state index contributed by atoms with van der Waals surface area (Å²) in [6.07, 6.45) is 0. The summed E-state index contributed by atoms with van der Waals surface area (Å²) in [6, 6.07) is 11.0. The van der Waals surface area contributed by atoms with Crippen molar-refractivity contribution in [3.8, 4) is 0 Å². The normalized spacial score (nSPS) is 15.8. The molecule has 4 rings (SSSR count). The number of aromatic nitrogens is 2. The van der Waals surface area contributed by atoms with Crippen LogP contribution in [0.15, 0.2) is 41.3 Å². The highest BCUT2D eigenvalue weighted by atomic mass is 32.2. The molecule has 0 aliphatic carbocycles. The number of aryl methyl sites for hydroxylation is 3. The summed E-state index contributed by atoms with van der Waals surface area (Å²) in [6.45, 7) is 7.03. The molecule has 7 nitrogen and oxygen atoms in total. The average Bonchev–Trinajstić information content (AvgIpc) is 3.12. The number of piperazine rings is 1. The van der Waals surface area contributed by atoms with E-state index in [-0.39, 0.29) is 19.0 Å². The fraction of sp³-hybridized carbons (Fsp3) is 0.333. The molecule has 1 fully saturated rings. The molecule has 1 aromatic heterocycles. The molecular weight excluding hydrogens is 388 g/mol. The van der Waals surface area contributed by atoms with Crippen LogP contribution in [-0.2, 0) is 10.0 Å². The smallest absolute Gasteiger partial charge is 0.275 e. The van der Waals surface area contributed by atoms with Gasteiger partial charge in [-0.25, -0.2) is 8.42 Å². The van der Waals surface area contributed by atoms with Crippen molar-refractivity contribution in [2.24, 2.45) is 0 Å². The molecule has 2 heterocycles. The van der Waals surface area contributed by atoms with E-state index in [0.29, 0.717) is 23.7 Å². The van der Waals surface area contributed by atoms with Gasteiger partial charge in [-0.05, 0) is 56.2 Å². The minimum absolute atomic E-state index is 0.176. The van der Waals surface area contributed by atoms with Crippen LogP contribution < -0.4 is 0 Å². The lowest BCUT2D eigenvalue weighted by Gasteiger charge is -2.33. The zero-order valence-electron chi connectivity index (χ0n) is 16.8. The van der Waals surface area contributed by atoms with Crippen LogP contribution in [0.3, 0.4) is 0 Å². The number of fused-ring (bicyclic) bond motifs is 1. The van der Waals surface area contributed by atoms with Crippen LogP contribution in [-0.4, -0.2) is 59.9 Å². The van der Waals surface area contributed by atoms with E-state index in [1.165, 1.54) is 4.31 Å². The Hall–Kier alpha value is -2.71. The van der Waals surface area contributed by atoms with Crippen LogP contribution in [0, 0.1) is 20.8 Å². The zero-order valence-corrected chi connectivity index (χ0v) is 17.6. The fourth-order valence-electron chi connectivity index (χ4n) is 3.60. The minimum Gasteiger partial charge on any atom is -0.335 e. The van der Waals surface area contributed by atoms with Gasteiger partial charge >= 0.3 is 0 Å². The molecule has 0 bridgehead atoms. The third-order valence-electron chi connectivity index (χ3n) is 5.56. The van der Waals surface area contributed by atoms with Crippen molar-refractivity contribution in [3.63, 3.8) is 0 Å². The molecule has 1 amide bonds. The maximum absolute atomic E-state index is 13.0. The first-order valence-corrected chi connectivity index (χ1v) is 11.0. The molecule has 0 radical (unpaired) electrons. The van der Waals surface area contributed by atoms with Crippen LogP contribution >= 0.6 is 0 Å². The topological polar surface area (TPSA) is 86.4 Å². The van der Waals surface area contributed by atoms with Gasteiger partial charge in [-0.1, -0.05) is 17.7 Å². The van der Waals surface area contributed by atoms with Gasteiger partial charge in [0.25, 0.3) is 5.91 Å². The molecule has 2 aromatic carbocycles. The van der Waals surface area contributed by atoms with E-state index in [1.54, 1.807) is 17.0 Å². The maximum atomic E-state index is 13.0. The summed E-state index contributed by atoms with van der Waals surface area (Å²) < 4.78 is 27.4. The first-order chi connectivity index (χ1) is 13.8. The van der Waals surface area contributed by atoms with Gasteiger partial charge in [0, 0.05) is 31.6 Å². The van der Waals surface area contributed by atoms with E-state index in [0.717, 1.165) is 27.6 Å². The highest BCUT2D eigenvalue weighted by Crippen LogP contribution is 2.23. The number of nitrogens with one attached hydrogen (secondary N) is 1. The molecule has 0 atom stereocenters. The van der Waals surface area contributed by atoms with Crippen LogP contribution in [0.25, 0.3) is 10.9 Å². The van der Waals surface area contributed by atoms with Crippen LogP contribution in [0.2, 0.25) is 0 Å². The molecule has 0 saturated carbocycles. The fourth-order valence-corrected chi connectivity index (χ4v) is 5.10. The van der Waals surface area contributed by atoms with Crippen molar-refractivity contribution in [1.29, 1.82) is 0 Å². The Morgan fingerprint density at radius 3 is 2.38 bits per heavy atom. The molecule has 3 aromatic rings. The largest absolute Gasteiger partial charge is 0.335 e. The molecule has 1 saturated heterocycles. The van der Waals surface area contributed by atoms with Gasteiger partial charge in [0.2, 0.25) is 10.0 Å². The van der Waals surface area contributed by atoms with Crippen molar-refractivity contribution < 1.29 is 13.2 Å². The summed E-state index contributed by atoms with van der Waals surface area (Å²) >= 11 is 0. The lowest BCUT2D eigenvalue weighted by atomic mass is 10.1. The van der Waals surface area contributed by atoms with E-state index in [4.69, 9.17) is 0 Å². The maximum Gasteiger partial charge on any atom is 0.275 e. The molecule has 1 N–H and O–H groups in total. The Bertz CT molecular complexity index is 1190. The van der Waals surface area contributed by atoms with Crippen molar-refractivity contribution >= 4 is 26.8 Å². The standard InChI is InChI=1S/C21H24N4O3S/c1-14-4-7-19-18(12-14)20(23-22-19)21(26)24-8-10-25(11-9-24)29(27,28)17-6-5-15(2)16(3)13-17/h4-7,12-13H,8-11H2,1-3H3,(H,22,23). The Labute approximate surface area is 170 Å². The van der Waals surface area contributed by atoms with E-state index in [9.17, 15) is 13.2 Å². The number of carbonyl (C=O) groups excluding carboxylic acids is 1. The van der Waals surface area contributed by atoms with E-state index in [1.807, 2.05) is 45.0 Å². The van der Waals surface area contributed by atoms with Crippen LogP contribution in [0.4, 0.5) is 0 Å². The highest BCUT2D eigenvalue weighted by molar-refractivity contribution is 7.89. The van der Waals surface area contributed by atoms with Gasteiger partial charge in [-0.15, -0.1) is 0 Å². The lowest BCUT2D eigenvalue weighted by Crippen LogP contribution is -2.50. The zero-order chi connectivity index (χ0) is 20.8. The highest BCUT2D eigenvalue weighted by Gasteiger charge is 2.31. The predicted molar refractivity (Wildman–Crippen MR) is 111 cm³/mol. The number of carbonyl (C=O) groups is 1. The van der Waals surface area contributed by atoms with Crippen LogP contribution in [0.5, 0.6) is 0 Å². The summed E-state index contributed by atoms with van der Waals surface area (Å²) in [5.74, 6) is -0.176. The van der Waals surface area contributed by atoms with Gasteiger partial charge in [0.1, 0.15) is 0 Å². The second-order valence-electron chi connectivity index (χ2n) is 7.56. The second kappa shape index (κ2) is 7.27. The predicted octanol–water partition coefficient (Wildman–Crippen LogP) is 2.63. The first kappa shape index (κ1) is 19.6. The van der Waals surface area contributed by atoms with Crippen molar-refractivity contribution in [2.45, 2.75) is 25.7 Å². The first-order valence-electron chi connectivity index (χ1n) is 9.59. The van der Waals surface area contributed by atoms with E-state index in [2.05, 4.69) is 10.2 Å². The van der Waals surface area contributed by atoms with Crippen molar-refractivity contribution in [1.82, 2.24) is 19.4 Å². The average molecular weight is 413 g/mol. The summed E-state index contributed by atoms with van der Waals surface area (Å²) in [5, 5.41) is 7.88. The Balaban J connectivity index is 1.50. The quantitative estimate of drug-likeness (QED) is 0.717. The Kier molecular flexibility index (Phi) is 4.92. The molecule has 0 unspecified atom stereocenters. The third-order valence-corrected chi connectivity index (χ3v) is 7.46. The SMILES string of the molecule is Cc1ccc2[nH]nc(C(=O)N3CCN(S(=O)(=O)c4ccc(C)c(C)c4)CC3)c2c1. The Morgan fingerprint density at radius 2 is 1.69 bits per heavy atom. The number of amides is 1. The number of aromatic amines is 1. The monoisotopic (exact) mass is 412 g/mol. The molecule has 1 aliphatic rings. The van der Waals surface area contributed by atoms with Gasteiger partial charge < -0.3 is 4.90 Å². The van der Waals surface area contributed by atoms with E-state index >= 15 is 0 Å². The van der Waals surface area contributed by atoms with E-state index < -0.39 is 10.0 Å². The second-order valence-corrected chi connectivity index (χ2v) is 9.50. The number of rotatable bonds is 3. The molecule has 8 heteroatoms. The number of benzene rings is 2. The van der Waals surface area contributed by atoms with Gasteiger partial charge in [-0.2, -0.15) is 9.40 Å². The number of hydrogen-bond acceptors (Lipinski definition) is 4. The Morgan fingerprint density at radius 1 is 0.966 bits per heavy atom. The molecule has 0 spiro atoms. The molecule has 29 heavy (non-hydrogen) atoms. The van der Waals surface area contributed by atoms with Crippen molar-refractivity contribution in [3.05, 3.63) is 58.8 Å². The lowest BCUT2D eigenvalue weighted by molar-refractivity contribution is 0.0694. The number of nitrogens with zero attached hydrogens (tertiary/aromatic N) is 3. The summed E-state index contributed by atoms with van der Waals surface area (Å²) in [7, 11) is -3.57. The van der Waals surface area contributed by atoms with Crippen molar-refractivity contribution in [2.75, 3.05) is 26.2 Å². The summed E-state index contributed by atoms with van der Waals surface area (Å²) in [5.41, 5.74) is 4.25. The number of H-pyrrole nitrogens is 1. The van der Waals surface area contributed by atoms with Crippen LogP contribution in [0.1, 0.15) is 27.2 Å². The van der Waals surface area contributed by atoms with Gasteiger partial charge in [-0.3, -0.25) is 9.89 Å². The summed E-state index contributed by atoms with van der Waals surface area (Å²) in [4.78, 5) is 14.9. The molecule has 1 aliphatic heterocycles. The third kappa shape index (κ3) is 3.54. The minimum atomic E-state index is -3.57. The molecular formula is C21H24N4O3S. The number of sulfonamides is 1. The van der Waals surface area contributed by atoms with Gasteiger partial charge in [0.05, 0.1) is 10.4 Å². The van der Waals surface area contributed by atoms with Gasteiger partial charge in [0.15, 0.2) is 5.69 Å². The number of hydrogen-bond donors (Lipinski definition) is 1.